The number of nitrogens with one attached hydrogen (secondary N) is 1. The zero-order valence-electron chi connectivity index (χ0n) is 13.6. The summed E-state index contributed by atoms with van der Waals surface area (Å²) in [5, 5.41) is 0. The SMILES string of the molecule is COC(=O)[C@@]1(Cc2ccc(C)c(Br)c2)CC[C@H](NS(C)(=O)=O)C1. The van der Waals surface area contributed by atoms with Gasteiger partial charge in [-0.15, -0.1) is 0 Å². The van der Waals surface area contributed by atoms with E-state index < -0.39 is 15.4 Å². The molecule has 0 aliphatic heterocycles. The van der Waals surface area contributed by atoms with Gasteiger partial charge in [-0.2, -0.15) is 0 Å². The van der Waals surface area contributed by atoms with Crippen LogP contribution in [0.5, 0.6) is 0 Å². The van der Waals surface area contributed by atoms with Crippen molar-refractivity contribution >= 4 is 31.9 Å². The van der Waals surface area contributed by atoms with Crippen LogP contribution >= 0.6 is 15.9 Å². The van der Waals surface area contributed by atoms with E-state index in [1.807, 2.05) is 25.1 Å². The second kappa shape index (κ2) is 6.91. The molecule has 0 unspecified atom stereocenters. The molecule has 0 spiro atoms. The van der Waals surface area contributed by atoms with E-state index >= 15 is 0 Å². The van der Waals surface area contributed by atoms with Crippen LogP contribution in [0.15, 0.2) is 22.7 Å². The molecule has 0 heterocycles. The van der Waals surface area contributed by atoms with Crippen molar-refractivity contribution in [1.29, 1.82) is 0 Å². The largest absolute Gasteiger partial charge is 0.469 e. The topological polar surface area (TPSA) is 72.5 Å². The maximum Gasteiger partial charge on any atom is 0.312 e. The molecule has 1 N–H and O–H groups in total. The molecule has 5 nitrogen and oxygen atoms in total. The lowest BCUT2D eigenvalue weighted by Crippen LogP contribution is -2.37. The number of hydrogen-bond donors (Lipinski definition) is 1. The lowest BCUT2D eigenvalue weighted by molar-refractivity contribution is -0.152. The van der Waals surface area contributed by atoms with E-state index in [2.05, 4.69) is 20.7 Å². The highest BCUT2D eigenvalue weighted by Gasteiger charge is 2.46. The number of ether oxygens (including phenoxy) is 1. The van der Waals surface area contributed by atoms with Crippen molar-refractivity contribution in [1.82, 2.24) is 4.72 Å². The lowest BCUT2D eigenvalue weighted by atomic mass is 9.79. The van der Waals surface area contributed by atoms with Gasteiger partial charge in [0.05, 0.1) is 18.8 Å². The number of hydrogen-bond acceptors (Lipinski definition) is 4. The number of esters is 1. The van der Waals surface area contributed by atoms with Crippen molar-refractivity contribution in [3.05, 3.63) is 33.8 Å². The predicted octanol–water partition coefficient (Wildman–Crippen LogP) is 2.56. The van der Waals surface area contributed by atoms with Crippen LogP contribution in [-0.2, 0) is 26.0 Å². The van der Waals surface area contributed by atoms with Crippen molar-refractivity contribution in [3.63, 3.8) is 0 Å². The average Bonchev–Trinajstić information content (AvgIpc) is 2.84. The maximum absolute atomic E-state index is 12.4. The summed E-state index contributed by atoms with van der Waals surface area (Å²) in [6.07, 6.45) is 3.38. The van der Waals surface area contributed by atoms with E-state index in [1.165, 1.54) is 7.11 Å². The van der Waals surface area contributed by atoms with Gasteiger partial charge in [0.25, 0.3) is 0 Å². The minimum Gasteiger partial charge on any atom is -0.469 e. The molecule has 23 heavy (non-hydrogen) atoms. The van der Waals surface area contributed by atoms with Crippen LogP contribution < -0.4 is 4.72 Å². The fourth-order valence-corrected chi connectivity index (χ4v) is 4.53. The van der Waals surface area contributed by atoms with Crippen molar-refractivity contribution in [2.75, 3.05) is 13.4 Å². The minimum absolute atomic E-state index is 0.224. The van der Waals surface area contributed by atoms with Gasteiger partial charge >= 0.3 is 5.97 Å². The third-order valence-corrected chi connectivity index (χ3v) is 6.00. The van der Waals surface area contributed by atoms with Crippen molar-refractivity contribution in [2.45, 2.75) is 38.6 Å². The zero-order valence-corrected chi connectivity index (χ0v) is 16.0. The third-order valence-electron chi connectivity index (χ3n) is 4.39. The van der Waals surface area contributed by atoms with E-state index in [-0.39, 0.29) is 12.0 Å². The Hall–Kier alpha value is -0.920. The van der Waals surface area contributed by atoms with E-state index in [9.17, 15) is 13.2 Å². The summed E-state index contributed by atoms with van der Waals surface area (Å²) in [6.45, 7) is 2.01. The molecule has 1 aliphatic rings. The Labute approximate surface area is 146 Å². The number of aryl methyl sites for hydroxylation is 1. The van der Waals surface area contributed by atoms with Crippen LogP contribution in [-0.4, -0.2) is 33.8 Å². The maximum atomic E-state index is 12.4. The summed E-state index contributed by atoms with van der Waals surface area (Å²) in [4.78, 5) is 12.4. The van der Waals surface area contributed by atoms with Gasteiger partial charge in [0.2, 0.25) is 10.0 Å². The zero-order chi connectivity index (χ0) is 17.3. The smallest absolute Gasteiger partial charge is 0.312 e. The van der Waals surface area contributed by atoms with Crippen LogP contribution in [0, 0.1) is 12.3 Å². The monoisotopic (exact) mass is 403 g/mol. The summed E-state index contributed by atoms with van der Waals surface area (Å²) in [5.74, 6) is -0.271. The van der Waals surface area contributed by atoms with E-state index in [1.54, 1.807) is 0 Å². The second-order valence-electron chi connectivity index (χ2n) is 6.36. The fraction of sp³-hybridized carbons (Fsp3) is 0.562. The van der Waals surface area contributed by atoms with Crippen molar-refractivity contribution in [3.8, 4) is 0 Å². The predicted molar refractivity (Wildman–Crippen MR) is 92.7 cm³/mol. The van der Waals surface area contributed by atoms with E-state index in [0.29, 0.717) is 25.7 Å². The molecule has 1 aromatic rings. The van der Waals surface area contributed by atoms with E-state index in [0.717, 1.165) is 21.9 Å². The first-order valence-corrected chi connectivity index (χ1v) is 10.1. The molecule has 1 aromatic carbocycles. The van der Waals surface area contributed by atoms with Crippen LogP contribution in [0.1, 0.15) is 30.4 Å². The highest BCUT2D eigenvalue weighted by atomic mass is 79.9. The molecule has 0 bridgehead atoms. The van der Waals surface area contributed by atoms with Gasteiger partial charge in [-0.1, -0.05) is 28.1 Å². The Kier molecular flexibility index (Phi) is 5.53. The van der Waals surface area contributed by atoms with Gasteiger partial charge in [-0.25, -0.2) is 13.1 Å². The molecule has 1 fully saturated rings. The summed E-state index contributed by atoms with van der Waals surface area (Å²) < 4.78 is 31.5. The summed E-state index contributed by atoms with van der Waals surface area (Å²) in [7, 11) is -1.90. The van der Waals surface area contributed by atoms with Gasteiger partial charge < -0.3 is 4.74 Å². The fourth-order valence-electron chi connectivity index (χ4n) is 3.30. The summed E-state index contributed by atoms with van der Waals surface area (Å²) >= 11 is 3.51. The quantitative estimate of drug-likeness (QED) is 0.766. The Morgan fingerprint density at radius 1 is 1.48 bits per heavy atom. The molecule has 1 aliphatic carbocycles. The number of carbonyl (C=O) groups is 1. The van der Waals surface area contributed by atoms with Crippen LogP contribution in [0.2, 0.25) is 0 Å². The number of rotatable bonds is 5. The Balaban J connectivity index is 2.24. The number of methoxy groups -OCH3 is 1. The number of sulfonamides is 1. The Morgan fingerprint density at radius 2 is 2.17 bits per heavy atom. The number of benzene rings is 1. The normalized spacial score (nSPS) is 24.6. The summed E-state index contributed by atoms with van der Waals surface area (Å²) in [6, 6.07) is 5.79. The standard InChI is InChI=1S/C16H22BrNO4S/c1-11-4-5-12(8-14(11)17)9-16(15(19)22-2)7-6-13(10-16)18-23(3,20)21/h4-5,8,13,18H,6-7,9-10H2,1-3H3/t13-,16+/m0/s1. The highest BCUT2D eigenvalue weighted by molar-refractivity contribution is 9.10. The molecule has 7 heteroatoms. The molecule has 0 radical (unpaired) electrons. The van der Waals surface area contributed by atoms with Gasteiger partial charge in [-0.3, -0.25) is 4.79 Å². The van der Waals surface area contributed by atoms with Crippen LogP contribution in [0.25, 0.3) is 0 Å². The lowest BCUT2D eigenvalue weighted by Gasteiger charge is -2.26. The van der Waals surface area contributed by atoms with Gasteiger partial charge in [-0.05, 0) is 49.8 Å². The molecule has 128 valence electrons. The Bertz CT molecular complexity index is 704. The molecule has 0 saturated heterocycles. The molecular formula is C16H22BrNO4S. The van der Waals surface area contributed by atoms with Crippen molar-refractivity contribution < 1.29 is 17.9 Å². The molecule has 0 aromatic heterocycles. The number of halogens is 1. The molecule has 0 amide bonds. The molecule has 2 atom stereocenters. The Morgan fingerprint density at radius 3 is 2.74 bits per heavy atom. The first-order valence-electron chi connectivity index (χ1n) is 7.46. The first kappa shape index (κ1) is 18.4. The third kappa shape index (κ3) is 4.55. The molecular weight excluding hydrogens is 382 g/mol. The van der Waals surface area contributed by atoms with Gasteiger partial charge in [0.1, 0.15) is 0 Å². The average molecular weight is 404 g/mol. The first-order chi connectivity index (χ1) is 10.6. The second-order valence-corrected chi connectivity index (χ2v) is 9.00. The highest BCUT2D eigenvalue weighted by Crippen LogP contribution is 2.42. The minimum atomic E-state index is -3.28. The van der Waals surface area contributed by atoms with Crippen molar-refractivity contribution in [2.24, 2.45) is 5.41 Å². The summed E-state index contributed by atoms with van der Waals surface area (Å²) in [5.41, 5.74) is 1.49. The molecule has 1 saturated carbocycles. The van der Waals surface area contributed by atoms with Crippen LogP contribution in [0.3, 0.4) is 0 Å². The number of carbonyl (C=O) groups excluding carboxylic acids is 1. The van der Waals surface area contributed by atoms with Crippen LogP contribution in [0.4, 0.5) is 0 Å². The van der Waals surface area contributed by atoms with E-state index in [4.69, 9.17) is 4.74 Å². The van der Waals surface area contributed by atoms with Gasteiger partial charge in [0.15, 0.2) is 0 Å². The molecule has 2 rings (SSSR count). The van der Waals surface area contributed by atoms with Gasteiger partial charge in [0, 0.05) is 10.5 Å².